The summed E-state index contributed by atoms with van der Waals surface area (Å²) in [5.74, 6) is 0. The summed E-state index contributed by atoms with van der Waals surface area (Å²) in [6.45, 7) is 0. The number of hydrogen-bond donors (Lipinski definition) is 3. The third-order valence-electron chi connectivity index (χ3n) is 1.51. The Hall–Kier alpha value is -1.14. The Bertz CT molecular complexity index is 394. The van der Waals surface area contributed by atoms with Gasteiger partial charge >= 0.3 is 6.03 Å². The molecule has 0 aliphatic rings. The van der Waals surface area contributed by atoms with Crippen LogP contribution in [0.25, 0.3) is 0 Å². The zero-order valence-electron chi connectivity index (χ0n) is 7.08. The van der Waals surface area contributed by atoms with Gasteiger partial charge in [-0.25, -0.2) is 4.79 Å². The summed E-state index contributed by atoms with van der Waals surface area (Å²) in [4.78, 5) is 10.9. The number of nitrogens with two attached hydrogens (primary N) is 2. The number of thiocarbonyl (C=S) groups is 1. The van der Waals surface area contributed by atoms with Crippen LogP contribution in [-0.2, 0) is 0 Å². The number of anilines is 1. The van der Waals surface area contributed by atoms with E-state index < -0.39 is 6.03 Å². The van der Waals surface area contributed by atoms with Gasteiger partial charge in [0, 0.05) is 10.0 Å². The van der Waals surface area contributed by atoms with Gasteiger partial charge in [0.05, 0.1) is 5.69 Å². The Morgan fingerprint density at radius 1 is 1.43 bits per heavy atom. The molecule has 6 heteroatoms. The summed E-state index contributed by atoms with van der Waals surface area (Å²) in [6, 6.07) is 4.48. The van der Waals surface area contributed by atoms with Gasteiger partial charge in [-0.05, 0) is 34.1 Å². The number of amides is 2. The highest BCUT2D eigenvalue weighted by molar-refractivity contribution is 9.10. The van der Waals surface area contributed by atoms with Crippen LogP contribution in [0.2, 0.25) is 0 Å². The fourth-order valence-corrected chi connectivity index (χ4v) is 1.51. The smallest absolute Gasteiger partial charge is 0.316 e. The number of urea groups is 1. The van der Waals surface area contributed by atoms with E-state index in [1.165, 1.54) is 0 Å². The van der Waals surface area contributed by atoms with Crippen LogP contribution >= 0.6 is 28.1 Å². The maximum Gasteiger partial charge on any atom is 0.316 e. The molecule has 0 bridgehead atoms. The number of primary amides is 1. The molecular weight excluding hydrogens is 266 g/mol. The van der Waals surface area contributed by atoms with Gasteiger partial charge in [0.1, 0.15) is 4.99 Å². The molecule has 1 aromatic rings. The first-order valence-corrected chi connectivity index (χ1v) is 4.86. The molecule has 0 heterocycles. The molecule has 0 fully saturated rings. The number of carbonyl (C=O) groups is 1. The van der Waals surface area contributed by atoms with Gasteiger partial charge in [-0.15, -0.1) is 0 Å². The molecule has 4 nitrogen and oxygen atoms in total. The van der Waals surface area contributed by atoms with Gasteiger partial charge < -0.3 is 16.8 Å². The van der Waals surface area contributed by atoms with E-state index in [1.54, 1.807) is 18.2 Å². The first-order chi connectivity index (χ1) is 6.50. The SMILES string of the molecule is NC(=O)Nc1ccc(C(N)=S)cc1Br. The first kappa shape index (κ1) is 10.9. The van der Waals surface area contributed by atoms with Gasteiger partial charge in [0.2, 0.25) is 0 Å². The van der Waals surface area contributed by atoms with Crippen molar-refractivity contribution in [3.63, 3.8) is 0 Å². The number of halogens is 1. The minimum atomic E-state index is -0.617. The van der Waals surface area contributed by atoms with E-state index in [-0.39, 0.29) is 0 Å². The van der Waals surface area contributed by atoms with Crippen molar-refractivity contribution in [3.8, 4) is 0 Å². The molecule has 14 heavy (non-hydrogen) atoms. The van der Waals surface area contributed by atoms with E-state index >= 15 is 0 Å². The van der Waals surface area contributed by atoms with Crippen LogP contribution in [0.3, 0.4) is 0 Å². The molecule has 74 valence electrons. The molecule has 1 rings (SSSR count). The van der Waals surface area contributed by atoms with Gasteiger partial charge in [0.25, 0.3) is 0 Å². The minimum Gasteiger partial charge on any atom is -0.389 e. The molecule has 0 radical (unpaired) electrons. The van der Waals surface area contributed by atoms with Crippen molar-refractivity contribution in [2.45, 2.75) is 0 Å². The predicted molar refractivity (Wildman–Crippen MR) is 63.2 cm³/mol. The maximum atomic E-state index is 10.6. The van der Waals surface area contributed by atoms with Crippen LogP contribution in [0.4, 0.5) is 10.5 Å². The Morgan fingerprint density at radius 2 is 2.07 bits per heavy atom. The van der Waals surface area contributed by atoms with Crippen molar-refractivity contribution in [1.29, 1.82) is 0 Å². The Labute approximate surface area is 94.8 Å². The molecule has 0 aliphatic heterocycles. The molecule has 0 saturated heterocycles. The van der Waals surface area contributed by atoms with Crippen LogP contribution in [0.15, 0.2) is 22.7 Å². The average Bonchev–Trinajstić information content (AvgIpc) is 2.07. The van der Waals surface area contributed by atoms with Crippen molar-refractivity contribution in [2.24, 2.45) is 11.5 Å². The second-order valence-electron chi connectivity index (χ2n) is 2.55. The molecule has 0 unspecified atom stereocenters. The van der Waals surface area contributed by atoms with E-state index in [9.17, 15) is 4.79 Å². The summed E-state index contributed by atoms with van der Waals surface area (Å²) >= 11 is 8.06. The quantitative estimate of drug-likeness (QED) is 0.716. The number of benzene rings is 1. The lowest BCUT2D eigenvalue weighted by Crippen LogP contribution is -2.19. The Kier molecular flexibility index (Phi) is 3.43. The lowest BCUT2D eigenvalue weighted by molar-refractivity contribution is 0.259. The molecule has 2 amide bonds. The van der Waals surface area contributed by atoms with Gasteiger partial charge in [0.15, 0.2) is 0 Å². The van der Waals surface area contributed by atoms with Crippen molar-refractivity contribution < 1.29 is 4.79 Å². The number of rotatable bonds is 2. The Balaban J connectivity index is 3.01. The molecule has 0 atom stereocenters. The second-order valence-corrected chi connectivity index (χ2v) is 3.84. The Morgan fingerprint density at radius 3 is 2.50 bits per heavy atom. The molecule has 0 saturated carbocycles. The van der Waals surface area contributed by atoms with Crippen LogP contribution in [0, 0.1) is 0 Å². The van der Waals surface area contributed by atoms with Gasteiger partial charge in [-0.2, -0.15) is 0 Å². The highest BCUT2D eigenvalue weighted by Crippen LogP contribution is 2.23. The zero-order valence-corrected chi connectivity index (χ0v) is 9.48. The number of carbonyl (C=O) groups excluding carboxylic acids is 1. The van der Waals surface area contributed by atoms with Crippen molar-refractivity contribution in [2.75, 3.05) is 5.32 Å². The van der Waals surface area contributed by atoms with Crippen molar-refractivity contribution >= 4 is 44.9 Å². The third kappa shape index (κ3) is 2.68. The minimum absolute atomic E-state index is 0.302. The predicted octanol–water partition coefficient (Wildman–Crippen LogP) is 1.57. The molecule has 1 aromatic carbocycles. The van der Waals surface area contributed by atoms with E-state index in [1.807, 2.05) is 0 Å². The van der Waals surface area contributed by atoms with E-state index in [2.05, 4.69) is 21.2 Å². The topological polar surface area (TPSA) is 81.1 Å². The van der Waals surface area contributed by atoms with Crippen LogP contribution in [-0.4, -0.2) is 11.0 Å². The summed E-state index contributed by atoms with van der Waals surface area (Å²) in [5, 5.41) is 2.45. The molecule has 0 spiro atoms. The standard InChI is InChI=1S/C8H8BrN3OS/c9-5-3-4(7(10)14)1-2-6(5)12-8(11)13/h1-3H,(H2,10,14)(H3,11,12,13). The van der Waals surface area contributed by atoms with Crippen molar-refractivity contribution in [1.82, 2.24) is 0 Å². The lowest BCUT2D eigenvalue weighted by Gasteiger charge is -2.06. The number of nitrogens with one attached hydrogen (secondary N) is 1. The fourth-order valence-electron chi connectivity index (χ4n) is 0.902. The zero-order chi connectivity index (χ0) is 10.7. The first-order valence-electron chi connectivity index (χ1n) is 3.66. The summed E-state index contributed by atoms with van der Waals surface area (Å²) in [7, 11) is 0. The van der Waals surface area contributed by atoms with Gasteiger partial charge in [-0.1, -0.05) is 12.2 Å². The summed E-state index contributed by atoms with van der Waals surface area (Å²) in [5.41, 5.74) is 11.7. The van der Waals surface area contributed by atoms with E-state index in [0.717, 1.165) is 5.56 Å². The average molecular weight is 274 g/mol. The van der Waals surface area contributed by atoms with Crippen LogP contribution in [0.1, 0.15) is 5.56 Å². The highest BCUT2D eigenvalue weighted by Gasteiger charge is 2.04. The molecule has 0 aromatic heterocycles. The summed E-state index contributed by atoms with van der Waals surface area (Å²) < 4.78 is 0.682. The maximum absolute atomic E-state index is 10.6. The highest BCUT2D eigenvalue weighted by atomic mass is 79.9. The molecule has 5 N–H and O–H groups in total. The largest absolute Gasteiger partial charge is 0.389 e. The van der Waals surface area contributed by atoms with E-state index in [4.69, 9.17) is 23.7 Å². The monoisotopic (exact) mass is 273 g/mol. The van der Waals surface area contributed by atoms with Crippen molar-refractivity contribution in [3.05, 3.63) is 28.2 Å². The summed E-state index contributed by atoms with van der Waals surface area (Å²) in [6.07, 6.45) is 0. The van der Waals surface area contributed by atoms with Crippen LogP contribution in [0.5, 0.6) is 0 Å². The van der Waals surface area contributed by atoms with Crippen LogP contribution < -0.4 is 16.8 Å². The third-order valence-corrected chi connectivity index (χ3v) is 2.40. The van der Waals surface area contributed by atoms with Gasteiger partial charge in [-0.3, -0.25) is 0 Å². The fraction of sp³-hybridized carbons (Fsp3) is 0. The molecule has 0 aliphatic carbocycles. The number of hydrogen-bond acceptors (Lipinski definition) is 2. The second kappa shape index (κ2) is 4.39. The normalized spacial score (nSPS) is 9.50. The van der Waals surface area contributed by atoms with E-state index in [0.29, 0.717) is 15.1 Å². The molecular formula is C8H8BrN3OS. The lowest BCUT2D eigenvalue weighted by atomic mass is 10.2.